The molecule has 5 heteroatoms. The monoisotopic (exact) mass is 331 g/mol. The lowest BCUT2D eigenvalue weighted by molar-refractivity contribution is -0.136. The second-order valence-corrected chi connectivity index (χ2v) is 7.20. The van der Waals surface area contributed by atoms with Gasteiger partial charge in [0.2, 0.25) is 5.91 Å². The molecule has 0 N–H and O–H groups in total. The third kappa shape index (κ3) is 3.72. The topological polar surface area (TPSA) is 47.4 Å². The average molecular weight is 331 g/mol. The number of hydrogen-bond acceptors (Lipinski definition) is 3. The van der Waals surface area contributed by atoms with E-state index in [1.54, 1.807) is 0 Å². The van der Waals surface area contributed by atoms with Crippen molar-refractivity contribution < 1.29 is 9.53 Å². The summed E-state index contributed by atoms with van der Waals surface area (Å²) in [4.78, 5) is 15.1. The molecule has 0 unspecified atom stereocenters. The predicted octanol–water partition coefficient (Wildman–Crippen LogP) is 2.76. The van der Waals surface area contributed by atoms with Crippen molar-refractivity contribution in [3.8, 4) is 0 Å². The minimum absolute atomic E-state index is 0.0291. The van der Waals surface area contributed by atoms with Gasteiger partial charge in [0.15, 0.2) is 0 Å². The highest BCUT2D eigenvalue weighted by Gasteiger charge is 2.30. The zero-order chi connectivity index (χ0) is 17.1. The van der Waals surface area contributed by atoms with Gasteiger partial charge in [0, 0.05) is 38.0 Å². The predicted molar refractivity (Wildman–Crippen MR) is 93.5 cm³/mol. The van der Waals surface area contributed by atoms with E-state index in [-0.39, 0.29) is 11.8 Å². The van der Waals surface area contributed by atoms with Crippen LogP contribution in [-0.4, -0.2) is 40.3 Å². The second-order valence-electron chi connectivity index (χ2n) is 7.20. The summed E-state index contributed by atoms with van der Waals surface area (Å²) in [7, 11) is 1.97. The van der Waals surface area contributed by atoms with Crippen LogP contribution < -0.4 is 0 Å². The lowest BCUT2D eigenvalue weighted by Crippen LogP contribution is -2.39. The maximum absolute atomic E-state index is 13.1. The van der Waals surface area contributed by atoms with Crippen molar-refractivity contribution >= 4 is 5.91 Å². The number of carbonyl (C=O) groups excluding carboxylic acids is 1. The summed E-state index contributed by atoms with van der Waals surface area (Å²) in [5.74, 6) is 0.852. The number of aryl methyl sites for hydroxylation is 2. The molecular weight excluding hydrogens is 302 g/mol. The van der Waals surface area contributed by atoms with Gasteiger partial charge in [-0.3, -0.25) is 9.48 Å². The van der Waals surface area contributed by atoms with Crippen molar-refractivity contribution in [2.45, 2.75) is 46.1 Å². The molecule has 0 spiro atoms. The fourth-order valence-corrected chi connectivity index (χ4v) is 3.79. The van der Waals surface area contributed by atoms with Crippen LogP contribution in [0, 0.1) is 25.7 Å². The number of allylic oxidation sites excluding steroid dienone is 2. The molecule has 0 bridgehead atoms. The second kappa shape index (κ2) is 7.51. The summed E-state index contributed by atoms with van der Waals surface area (Å²) in [6.45, 7) is 6.91. The highest BCUT2D eigenvalue weighted by atomic mass is 16.5. The summed E-state index contributed by atoms with van der Waals surface area (Å²) in [6, 6.07) is 0. The molecule has 24 heavy (non-hydrogen) atoms. The van der Waals surface area contributed by atoms with Gasteiger partial charge in [0.05, 0.1) is 18.2 Å². The van der Waals surface area contributed by atoms with Crippen LogP contribution in [0.5, 0.6) is 0 Å². The number of aromatic nitrogens is 2. The van der Waals surface area contributed by atoms with Gasteiger partial charge < -0.3 is 9.64 Å². The lowest BCUT2D eigenvalue weighted by Gasteiger charge is -2.30. The molecule has 5 nitrogen and oxygen atoms in total. The van der Waals surface area contributed by atoms with Crippen LogP contribution in [0.15, 0.2) is 12.2 Å². The molecule has 132 valence electrons. The van der Waals surface area contributed by atoms with E-state index in [4.69, 9.17) is 4.74 Å². The van der Waals surface area contributed by atoms with E-state index in [1.807, 2.05) is 18.7 Å². The van der Waals surface area contributed by atoms with Crippen LogP contribution >= 0.6 is 0 Å². The summed E-state index contributed by atoms with van der Waals surface area (Å²) >= 11 is 0. The maximum Gasteiger partial charge on any atom is 0.228 e. The number of hydrogen-bond donors (Lipinski definition) is 0. The van der Waals surface area contributed by atoms with Gasteiger partial charge in [0.25, 0.3) is 0 Å². The molecule has 0 radical (unpaired) electrons. The molecule has 2 heterocycles. The van der Waals surface area contributed by atoms with E-state index in [2.05, 4.69) is 29.1 Å². The van der Waals surface area contributed by atoms with E-state index in [0.29, 0.717) is 25.7 Å². The standard InChI is InChI=1S/C19H29N3O2/c1-14-18(15(2)21(3)20-14)12-22(11-16-7-5-4-6-8-16)19(23)17-9-10-24-13-17/h4-5,16-17H,6-13H2,1-3H3/t16-,17-/m1/s1. The molecule has 3 rings (SSSR count). The molecule has 1 aromatic rings. The van der Waals surface area contributed by atoms with Gasteiger partial charge in [-0.25, -0.2) is 0 Å². The fourth-order valence-electron chi connectivity index (χ4n) is 3.79. The molecular formula is C19H29N3O2. The number of amides is 1. The Morgan fingerprint density at radius 3 is 2.79 bits per heavy atom. The van der Waals surface area contributed by atoms with Gasteiger partial charge in [-0.2, -0.15) is 5.10 Å². The van der Waals surface area contributed by atoms with Crippen molar-refractivity contribution in [1.29, 1.82) is 0 Å². The lowest BCUT2D eigenvalue weighted by atomic mass is 9.93. The molecule has 0 saturated carbocycles. The minimum Gasteiger partial charge on any atom is -0.381 e. The molecule has 2 aliphatic rings. The highest BCUT2D eigenvalue weighted by molar-refractivity contribution is 5.79. The average Bonchev–Trinajstić information content (AvgIpc) is 3.19. The third-order valence-corrected chi connectivity index (χ3v) is 5.45. The summed E-state index contributed by atoms with van der Waals surface area (Å²) < 4.78 is 7.36. The number of rotatable bonds is 5. The number of carbonyl (C=O) groups is 1. The zero-order valence-electron chi connectivity index (χ0n) is 15.1. The molecule has 1 aliphatic heterocycles. The van der Waals surface area contributed by atoms with Crippen LogP contribution in [0.4, 0.5) is 0 Å². The van der Waals surface area contributed by atoms with Gasteiger partial charge >= 0.3 is 0 Å². The van der Waals surface area contributed by atoms with Crippen LogP contribution in [0.2, 0.25) is 0 Å². The van der Waals surface area contributed by atoms with Gasteiger partial charge in [0.1, 0.15) is 0 Å². The molecule has 1 saturated heterocycles. The van der Waals surface area contributed by atoms with Gasteiger partial charge in [-0.05, 0) is 45.4 Å². The van der Waals surface area contributed by atoms with Crippen molar-refractivity contribution in [2.75, 3.05) is 19.8 Å². The molecule has 0 aromatic carbocycles. The van der Waals surface area contributed by atoms with E-state index >= 15 is 0 Å². The Kier molecular flexibility index (Phi) is 5.39. The van der Waals surface area contributed by atoms with E-state index in [1.165, 1.54) is 12.0 Å². The van der Waals surface area contributed by atoms with Gasteiger partial charge in [-0.1, -0.05) is 12.2 Å². The van der Waals surface area contributed by atoms with Crippen molar-refractivity contribution in [3.05, 3.63) is 29.1 Å². The Bertz CT molecular complexity index is 614. The summed E-state index contributed by atoms with van der Waals surface area (Å²) in [6.07, 6.45) is 8.75. The summed E-state index contributed by atoms with van der Waals surface area (Å²) in [5, 5.41) is 4.51. The largest absolute Gasteiger partial charge is 0.381 e. The zero-order valence-corrected chi connectivity index (χ0v) is 15.1. The van der Waals surface area contributed by atoms with Crippen LogP contribution in [0.1, 0.15) is 42.6 Å². The molecule has 1 aliphatic carbocycles. The third-order valence-electron chi connectivity index (χ3n) is 5.45. The van der Waals surface area contributed by atoms with Gasteiger partial charge in [-0.15, -0.1) is 0 Å². The first-order valence-corrected chi connectivity index (χ1v) is 9.07. The summed E-state index contributed by atoms with van der Waals surface area (Å²) in [5.41, 5.74) is 3.37. The Hall–Kier alpha value is -1.62. The Labute approximate surface area is 144 Å². The first-order valence-electron chi connectivity index (χ1n) is 9.07. The SMILES string of the molecule is Cc1nn(C)c(C)c1CN(C[C@@H]1CC=CCC1)C(=O)[C@@H]1CCOC1. The van der Waals surface area contributed by atoms with Crippen LogP contribution in [0.25, 0.3) is 0 Å². The number of nitrogens with zero attached hydrogens (tertiary/aromatic N) is 3. The van der Waals surface area contributed by atoms with E-state index in [9.17, 15) is 4.79 Å². The number of ether oxygens (including phenoxy) is 1. The van der Waals surface area contributed by atoms with Crippen LogP contribution in [-0.2, 0) is 23.1 Å². The molecule has 1 aromatic heterocycles. The Morgan fingerprint density at radius 2 is 2.21 bits per heavy atom. The first kappa shape index (κ1) is 17.2. The van der Waals surface area contributed by atoms with Crippen molar-refractivity contribution in [2.24, 2.45) is 18.9 Å². The maximum atomic E-state index is 13.1. The molecule has 1 amide bonds. The Balaban J connectivity index is 1.77. The quantitative estimate of drug-likeness (QED) is 0.780. The van der Waals surface area contributed by atoms with Crippen molar-refractivity contribution in [3.63, 3.8) is 0 Å². The Morgan fingerprint density at radius 1 is 1.38 bits per heavy atom. The fraction of sp³-hybridized carbons (Fsp3) is 0.684. The molecule has 2 atom stereocenters. The smallest absolute Gasteiger partial charge is 0.228 e. The molecule has 1 fully saturated rings. The van der Waals surface area contributed by atoms with Crippen LogP contribution in [0.3, 0.4) is 0 Å². The van der Waals surface area contributed by atoms with Crippen molar-refractivity contribution in [1.82, 2.24) is 14.7 Å². The first-order chi connectivity index (χ1) is 11.6. The van der Waals surface area contributed by atoms with E-state index < -0.39 is 0 Å². The van der Waals surface area contributed by atoms with E-state index in [0.717, 1.165) is 37.2 Å². The minimum atomic E-state index is 0.0291. The normalized spacial score (nSPS) is 23.6. The highest BCUT2D eigenvalue weighted by Crippen LogP contribution is 2.25.